The lowest BCUT2D eigenvalue weighted by atomic mass is 9.94. The summed E-state index contributed by atoms with van der Waals surface area (Å²) in [5, 5.41) is 2.17. The number of aromatic amines is 1. The van der Waals surface area contributed by atoms with Gasteiger partial charge in [0.05, 0.1) is 29.4 Å². The molecular formula is C28H20N4O8. The number of anilines is 1. The molecule has 12 nitrogen and oxygen atoms in total. The molecule has 0 unspecified atom stereocenters. The molecule has 0 saturated heterocycles. The number of nitrogens with zero attached hydrogens (tertiary/aromatic N) is 1. The van der Waals surface area contributed by atoms with Gasteiger partial charge in [-0.1, -0.05) is 42.5 Å². The molecule has 1 aromatic heterocycles. The Hall–Kier alpha value is -5.78. The zero-order chi connectivity index (χ0) is 29.0. The first-order valence-electron chi connectivity index (χ1n) is 11.6. The summed E-state index contributed by atoms with van der Waals surface area (Å²) in [4.78, 5) is 95.0. The van der Waals surface area contributed by atoms with Crippen LogP contribution in [0.4, 0.5) is 5.69 Å². The fourth-order valence-electron chi connectivity index (χ4n) is 3.90. The van der Waals surface area contributed by atoms with Crippen molar-refractivity contribution in [3.05, 3.63) is 106 Å². The Labute approximate surface area is 225 Å². The van der Waals surface area contributed by atoms with Gasteiger partial charge in [0.15, 0.2) is 5.78 Å². The number of hydrogen-bond acceptors (Lipinski definition) is 9. The molecule has 1 heterocycles. The summed E-state index contributed by atoms with van der Waals surface area (Å²) in [5.74, 6) is -9.43. The molecule has 4 rings (SSSR count). The van der Waals surface area contributed by atoms with Gasteiger partial charge < -0.3 is 20.8 Å². The Bertz CT molecular complexity index is 1760. The predicted octanol–water partition coefficient (Wildman–Crippen LogP) is 1.29. The minimum absolute atomic E-state index is 0.0640. The van der Waals surface area contributed by atoms with Crippen LogP contribution in [0.25, 0.3) is 11.0 Å². The van der Waals surface area contributed by atoms with E-state index < -0.39 is 46.5 Å². The lowest BCUT2D eigenvalue weighted by molar-refractivity contribution is -0.154. The maximum Gasteiger partial charge on any atom is 0.375 e. The number of ether oxygens (including phenoxy) is 1. The number of carbonyl (C=O) groups excluding carboxylic acids is 6. The second-order valence-electron chi connectivity index (χ2n) is 8.40. The van der Waals surface area contributed by atoms with E-state index in [1.807, 2.05) is 0 Å². The van der Waals surface area contributed by atoms with E-state index in [0.29, 0.717) is 5.56 Å². The van der Waals surface area contributed by atoms with Crippen molar-refractivity contribution in [3.63, 3.8) is 0 Å². The summed E-state index contributed by atoms with van der Waals surface area (Å²) in [7, 11) is 0.883. The van der Waals surface area contributed by atoms with Crippen molar-refractivity contribution >= 4 is 51.9 Å². The number of nitrogens with two attached hydrogens (primary N) is 1. The number of carbonyl (C=O) groups is 6. The number of aromatic nitrogens is 2. The third kappa shape index (κ3) is 5.41. The Balaban J connectivity index is 1.74. The molecule has 3 aromatic carbocycles. The van der Waals surface area contributed by atoms with Crippen molar-refractivity contribution in [2.24, 2.45) is 5.73 Å². The average molecular weight is 540 g/mol. The first-order valence-corrected chi connectivity index (χ1v) is 11.6. The Morgan fingerprint density at radius 1 is 0.875 bits per heavy atom. The van der Waals surface area contributed by atoms with Crippen LogP contribution >= 0.6 is 0 Å². The van der Waals surface area contributed by atoms with E-state index in [9.17, 15) is 33.6 Å². The van der Waals surface area contributed by atoms with Gasteiger partial charge in [-0.25, -0.2) is 9.78 Å². The zero-order valence-corrected chi connectivity index (χ0v) is 20.8. The van der Waals surface area contributed by atoms with Gasteiger partial charge in [0.2, 0.25) is 5.78 Å². The van der Waals surface area contributed by atoms with Crippen LogP contribution in [-0.2, 0) is 23.9 Å². The smallest absolute Gasteiger partial charge is 0.375 e. The van der Waals surface area contributed by atoms with E-state index in [1.165, 1.54) is 42.5 Å². The quantitative estimate of drug-likeness (QED) is 0.121. The number of benzene rings is 3. The molecule has 40 heavy (non-hydrogen) atoms. The third-order valence-corrected chi connectivity index (χ3v) is 5.87. The molecule has 1 atom stereocenters. The van der Waals surface area contributed by atoms with Crippen molar-refractivity contribution in [1.29, 1.82) is 0 Å². The van der Waals surface area contributed by atoms with Gasteiger partial charge in [0.1, 0.15) is 11.6 Å². The van der Waals surface area contributed by atoms with Crippen molar-refractivity contribution in [2.45, 2.75) is 5.92 Å². The van der Waals surface area contributed by atoms with E-state index >= 15 is 0 Å². The summed E-state index contributed by atoms with van der Waals surface area (Å²) in [6, 6.07) is 18.1. The lowest BCUT2D eigenvalue weighted by Crippen LogP contribution is -2.39. The van der Waals surface area contributed by atoms with E-state index in [2.05, 4.69) is 20.0 Å². The number of H-pyrrole nitrogens is 1. The summed E-state index contributed by atoms with van der Waals surface area (Å²) >= 11 is 0. The summed E-state index contributed by atoms with van der Waals surface area (Å²) in [5.41, 5.74) is 4.05. The molecule has 0 aliphatic heterocycles. The van der Waals surface area contributed by atoms with Gasteiger partial charge in [-0.05, 0) is 30.3 Å². The highest BCUT2D eigenvalue weighted by Crippen LogP contribution is 2.21. The number of rotatable bonds is 9. The highest BCUT2D eigenvalue weighted by atomic mass is 16.5. The van der Waals surface area contributed by atoms with Crippen LogP contribution < -0.4 is 16.6 Å². The minimum Gasteiger partial charge on any atom is -0.463 e. The summed E-state index contributed by atoms with van der Waals surface area (Å²) in [6.07, 6.45) is 0. The number of fused-ring (bicyclic) bond motifs is 1. The monoisotopic (exact) mass is 540 g/mol. The number of nitrogens with one attached hydrogen (secondary N) is 2. The number of esters is 1. The van der Waals surface area contributed by atoms with Gasteiger partial charge in [0, 0.05) is 11.1 Å². The van der Waals surface area contributed by atoms with Crippen LogP contribution in [0.2, 0.25) is 0 Å². The molecule has 0 fully saturated rings. The predicted molar refractivity (Wildman–Crippen MR) is 141 cm³/mol. The van der Waals surface area contributed by atoms with Crippen LogP contribution in [0.1, 0.15) is 37.9 Å². The first-order chi connectivity index (χ1) is 19.1. The van der Waals surface area contributed by atoms with Gasteiger partial charge in [-0.2, -0.15) is 0 Å². The molecule has 0 aliphatic carbocycles. The Morgan fingerprint density at radius 3 is 2.23 bits per heavy atom. The highest BCUT2D eigenvalue weighted by molar-refractivity contribution is 6.52. The molecule has 12 heteroatoms. The molecule has 0 saturated carbocycles. The van der Waals surface area contributed by atoms with Crippen LogP contribution in [0.3, 0.4) is 0 Å². The molecule has 2 amide bonds. The second kappa shape index (κ2) is 11.3. The van der Waals surface area contributed by atoms with Crippen LogP contribution in [0, 0.1) is 0 Å². The number of hydrogen-bond donors (Lipinski definition) is 3. The van der Waals surface area contributed by atoms with Gasteiger partial charge >= 0.3 is 5.97 Å². The van der Waals surface area contributed by atoms with E-state index in [1.54, 1.807) is 30.3 Å². The summed E-state index contributed by atoms with van der Waals surface area (Å²) < 4.78 is 4.41. The van der Waals surface area contributed by atoms with Gasteiger partial charge in [-0.15, -0.1) is 0 Å². The molecule has 0 spiro atoms. The van der Waals surface area contributed by atoms with E-state index in [0.717, 1.165) is 7.11 Å². The van der Waals surface area contributed by atoms with Crippen LogP contribution in [0.15, 0.2) is 77.6 Å². The SMILES string of the molecule is COC(=O)C(=O)[C@@H](C(=O)C(=O)Nc1ccccc1C(N)=O)c1nc2ccc(C(=O)c3ccccc3)cc2[nH]c1=O. The van der Waals surface area contributed by atoms with Crippen molar-refractivity contribution < 1.29 is 33.5 Å². The number of Topliss-reactive ketones (excluding diaryl/α,β-unsaturated/α-hetero) is 2. The number of methoxy groups -OCH3 is 1. The maximum atomic E-state index is 13.2. The fraction of sp³-hybridized carbons (Fsp3) is 0.0714. The Kier molecular flexibility index (Phi) is 7.71. The van der Waals surface area contributed by atoms with E-state index in [4.69, 9.17) is 5.73 Å². The maximum absolute atomic E-state index is 13.2. The number of para-hydroxylation sites is 1. The summed E-state index contributed by atoms with van der Waals surface area (Å²) in [6.45, 7) is 0. The molecule has 4 N–H and O–H groups in total. The first kappa shape index (κ1) is 27.3. The van der Waals surface area contributed by atoms with Crippen LogP contribution in [-0.4, -0.2) is 52.2 Å². The number of ketones is 3. The van der Waals surface area contributed by atoms with Crippen LogP contribution in [0.5, 0.6) is 0 Å². The lowest BCUT2D eigenvalue weighted by Gasteiger charge is -2.14. The third-order valence-electron chi connectivity index (χ3n) is 5.87. The normalized spacial score (nSPS) is 11.3. The molecular weight excluding hydrogens is 520 g/mol. The highest BCUT2D eigenvalue weighted by Gasteiger charge is 2.40. The van der Waals surface area contributed by atoms with Crippen molar-refractivity contribution in [1.82, 2.24) is 9.97 Å². The van der Waals surface area contributed by atoms with E-state index in [-0.39, 0.29) is 33.6 Å². The minimum atomic E-state index is -2.27. The Morgan fingerprint density at radius 2 is 1.55 bits per heavy atom. The van der Waals surface area contributed by atoms with Crippen molar-refractivity contribution in [2.75, 3.05) is 12.4 Å². The van der Waals surface area contributed by atoms with Gasteiger partial charge in [0.25, 0.3) is 23.2 Å². The topological polar surface area (TPSA) is 195 Å². The average Bonchev–Trinajstić information content (AvgIpc) is 2.96. The molecule has 0 radical (unpaired) electrons. The van der Waals surface area contributed by atoms with Crippen molar-refractivity contribution in [3.8, 4) is 0 Å². The zero-order valence-electron chi connectivity index (χ0n) is 20.8. The van der Waals surface area contributed by atoms with Gasteiger partial charge in [-0.3, -0.25) is 28.8 Å². The number of primary amides is 1. The molecule has 4 aromatic rings. The molecule has 200 valence electrons. The number of amides is 2. The molecule has 0 aliphatic rings. The molecule has 0 bridgehead atoms. The second-order valence-corrected chi connectivity index (χ2v) is 8.40. The largest absolute Gasteiger partial charge is 0.463 e. The standard InChI is InChI=1S/C28H20N4O8/c1-40-28(39)24(35)20(23(34)27(38)31-17-10-6-5-9-16(17)25(29)36)21-26(37)32-19-13-15(11-12-18(19)30-21)22(33)14-7-3-2-4-8-14/h2-13,20H,1H3,(H2,29,36)(H,31,38)(H,32,37)/t20-/m1/s1. The fourth-order valence-corrected chi connectivity index (χ4v) is 3.90.